The summed E-state index contributed by atoms with van der Waals surface area (Å²) in [6, 6.07) is 6.86. The van der Waals surface area contributed by atoms with Gasteiger partial charge in [-0.25, -0.2) is 0 Å². The van der Waals surface area contributed by atoms with Gasteiger partial charge < -0.3 is 5.32 Å². The molecule has 1 aromatic carbocycles. The summed E-state index contributed by atoms with van der Waals surface area (Å²) in [5.74, 6) is 0. The van der Waals surface area contributed by atoms with Crippen LogP contribution in [0.25, 0.3) is 0 Å². The smallest absolute Gasteiger partial charge is 0.0323 e. The number of hydrogen-bond acceptors (Lipinski definition) is 1. The van der Waals surface area contributed by atoms with E-state index in [1.165, 1.54) is 16.7 Å². The molecule has 1 nitrogen and oxygen atoms in total. The first-order valence-electron chi connectivity index (χ1n) is 5.62. The van der Waals surface area contributed by atoms with Crippen molar-refractivity contribution in [2.24, 2.45) is 0 Å². The van der Waals surface area contributed by atoms with Crippen molar-refractivity contribution in [1.82, 2.24) is 5.32 Å². The van der Waals surface area contributed by atoms with E-state index in [0.717, 1.165) is 17.3 Å². The number of aryl methyl sites for hydroxylation is 1. The van der Waals surface area contributed by atoms with E-state index < -0.39 is 0 Å². The third-order valence-electron chi connectivity index (χ3n) is 2.82. The summed E-state index contributed by atoms with van der Waals surface area (Å²) in [6.07, 6.45) is 2.17. The molecule has 1 rings (SSSR count). The predicted octanol–water partition coefficient (Wildman–Crippen LogP) is 4.37. The highest BCUT2D eigenvalue weighted by Gasteiger charge is 2.11. The molecule has 0 radical (unpaired) electrons. The van der Waals surface area contributed by atoms with E-state index in [2.05, 4.69) is 59.9 Å². The summed E-state index contributed by atoms with van der Waals surface area (Å²) >= 11 is 3.53. The van der Waals surface area contributed by atoms with Crippen LogP contribution in [0.4, 0.5) is 0 Å². The number of hydrogen-bond donors (Lipinski definition) is 1. The molecule has 16 heavy (non-hydrogen) atoms. The lowest BCUT2D eigenvalue weighted by Crippen LogP contribution is -2.17. The normalized spacial score (nSPS) is 12.5. The lowest BCUT2D eigenvalue weighted by Gasteiger charge is -2.19. The van der Waals surface area contributed by atoms with Crippen LogP contribution in [0.1, 0.15) is 36.9 Å². The fourth-order valence-corrected chi connectivity index (χ4v) is 2.21. The Kier molecular flexibility index (Phi) is 5.23. The molecule has 0 aliphatic carbocycles. The summed E-state index contributed by atoms with van der Waals surface area (Å²) in [4.78, 5) is 0. The molecule has 0 spiro atoms. The highest BCUT2D eigenvalue weighted by atomic mass is 79.9. The Morgan fingerprint density at radius 3 is 2.75 bits per heavy atom. The van der Waals surface area contributed by atoms with Gasteiger partial charge in [-0.2, -0.15) is 0 Å². The van der Waals surface area contributed by atoms with Crippen LogP contribution >= 0.6 is 15.9 Å². The zero-order valence-electron chi connectivity index (χ0n) is 10.3. The van der Waals surface area contributed by atoms with Crippen LogP contribution in [-0.2, 0) is 0 Å². The van der Waals surface area contributed by atoms with Crippen LogP contribution in [0.2, 0.25) is 0 Å². The van der Waals surface area contributed by atoms with Crippen molar-refractivity contribution < 1.29 is 0 Å². The van der Waals surface area contributed by atoms with E-state index in [-0.39, 0.29) is 0 Å². The third kappa shape index (κ3) is 3.76. The summed E-state index contributed by atoms with van der Waals surface area (Å²) in [7, 11) is 2.02. The highest BCUT2D eigenvalue weighted by molar-refractivity contribution is 9.10. The molecule has 0 bridgehead atoms. The van der Waals surface area contributed by atoms with Gasteiger partial charge in [0, 0.05) is 10.5 Å². The summed E-state index contributed by atoms with van der Waals surface area (Å²) in [5.41, 5.74) is 3.95. The fraction of sp³-hybridized carbons (Fsp3) is 0.429. The molecule has 0 amide bonds. The number of nitrogens with one attached hydrogen (secondary N) is 1. The number of rotatable bonds is 5. The average Bonchev–Trinajstić information content (AvgIpc) is 2.23. The van der Waals surface area contributed by atoms with Crippen molar-refractivity contribution in [2.45, 2.75) is 32.7 Å². The Morgan fingerprint density at radius 2 is 2.19 bits per heavy atom. The monoisotopic (exact) mass is 281 g/mol. The van der Waals surface area contributed by atoms with E-state index in [4.69, 9.17) is 0 Å². The van der Waals surface area contributed by atoms with Gasteiger partial charge in [0.2, 0.25) is 0 Å². The summed E-state index contributed by atoms with van der Waals surface area (Å²) in [6.45, 7) is 8.20. The number of halogens is 1. The van der Waals surface area contributed by atoms with Gasteiger partial charge in [-0.15, -0.1) is 6.58 Å². The molecule has 0 saturated carbocycles. The zero-order valence-corrected chi connectivity index (χ0v) is 11.9. The fourth-order valence-electron chi connectivity index (χ4n) is 1.83. The maximum Gasteiger partial charge on any atom is 0.0323 e. The molecule has 0 fully saturated rings. The summed E-state index contributed by atoms with van der Waals surface area (Å²) in [5, 5.41) is 3.38. The summed E-state index contributed by atoms with van der Waals surface area (Å²) < 4.78 is 1.14. The van der Waals surface area contributed by atoms with Gasteiger partial charge in [-0.3, -0.25) is 0 Å². The largest absolute Gasteiger partial charge is 0.313 e. The quantitative estimate of drug-likeness (QED) is 0.790. The lowest BCUT2D eigenvalue weighted by atomic mass is 9.96. The van der Waals surface area contributed by atoms with E-state index in [9.17, 15) is 0 Å². The first-order valence-corrected chi connectivity index (χ1v) is 6.41. The minimum absolute atomic E-state index is 0.411. The number of allylic oxidation sites excluding steroid dienone is 1. The third-order valence-corrected chi connectivity index (χ3v) is 3.32. The van der Waals surface area contributed by atoms with Crippen LogP contribution < -0.4 is 5.32 Å². The average molecular weight is 282 g/mol. The van der Waals surface area contributed by atoms with Gasteiger partial charge >= 0.3 is 0 Å². The van der Waals surface area contributed by atoms with Crippen molar-refractivity contribution in [3.8, 4) is 0 Å². The first kappa shape index (κ1) is 13.5. The maximum atomic E-state index is 3.96. The molecule has 1 aromatic rings. The zero-order chi connectivity index (χ0) is 12.1. The molecule has 0 saturated heterocycles. The van der Waals surface area contributed by atoms with Crippen LogP contribution in [0, 0.1) is 6.92 Å². The SMILES string of the molecule is C=C(C)CCC(NC)c1cc(Br)ccc1C. The minimum atomic E-state index is 0.411. The predicted molar refractivity (Wildman–Crippen MR) is 74.7 cm³/mol. The van der Waals surface area contributed by atoms with Crippen molar-refractivity contribution >= 4 is 15.9 Å². The van der Waals surface area contributed by atoms with Crippen molar-refractivity contribution in [3.63, 3.8) is 0 Å². The van der Waals surface area contributed by atoms with Crippen LogP contribution in [0.15, 0.2) is 34.8 Å². The van der Waals surface area contributed by atoms with Gasteiger partial charge in [0.15, 0.2) is 0 Å². The van der Waals surface area contributed by atoms with Gasteiger partial charge in [0.25, 0.3) is 0 Å². The highest BCUT2D eigenvalue weighted by Crippen LogP contribution is 2.26. The van der Waals surface area contributed by atoms with Crippen molar-refractivity contribution in [3.05, 3.63) is 46.0 Å². The molecule has 88 valence electrons. The van der Waals surface area contributed by atoms with Crippen LogP contribution in [0.3, 0.4) is 0 Å². The Hall–Kier alpha value is -0.600. The van der Waals surface area contributed by atoms with E-state index in [1.807, 2.05) is 7.05 Å². The molecule has 0 aliphatic heterocycles. The van der Waals surface area contributed by atoms with Gasteiger partial charge in [-0.1, -0.05) is 27.6 Å². The Labute approximate surface area is 107 Å². The Bertz CT molecular complexity index is 371. The molecule has 1 unspecified atom stereocenters. The van der Waals surface area contributed by atoms with Crippen molar-refractivity contribution in [2.75, 3.05) is 7.05 Å². The molecule has 0 aromatic heterocycles. The molecule has 0 heterocycles. The van der Waals surface area contributed by atoms with E-state index >= 15 is 0 Å². The number of benzene rings is 1. The van der Waals surface area contributed by atoms with Crippen molar-refractivity contribution in [1.29, 1.82) is 0 Å². The molecule has 0 aliphatic rings. The van der Waals surface area contributed by atoms with Crippen LogP contribution in [-0.4, -0.2) is 7.05 Å². The van der Waals surface area contributed by atoms with Crippen LogP contribution in [0.5, 0.6) is 0 Å². The molecular weight excluding hydrogens is 262 g/mol. The first-order chi connectivity index (χ1) is 7.54. The van der Waals surface area contributed by atoms with E-state index in [1.54, 1.807) is 0 Å². The lowest BCUT2D eigenvalue weighted by molar-refractivity contribution is 0.545. The topological polar surface area (TPSA) is 12.0 Å². The minimum Gasteiger partial charge on any atom is -0.313 e. The second kappa shape index (κ2) is 6.21. The molecular formula is C14H20BrN. The Morgan fingerprint density at radius 1 is 1.50 bits per heavy atom. The van der Waals surface area contributed by atoms with Gasteiger partial charge in [-0.05, 0) is 57.0 Å². The maximum absolute atomic E-state index is 3.96. The van der Waals surface area contributed by atoms with E-state index in [0.29, 0.717) is 6.04 Å². The second-order valence-corrected chi connectivity index (χ2v) is 5.25. The molecule has 1 atom stereocenters. The molecule has 1 N–H and O–H groups in total. The van der Waals surface area contributed by atoms with Gasteiger partial charge in [0.1, 0.15) is 0 Å². The molecule has 2 heteroatoms. The second-order valence-electron chi connectivity index (χ2n) is 4.34. The Balaban J connectivity index is 2.85. The standard InChI is InChI=1S/C14H20BrN/c1-10(2)5-8-14(16-4)13-9-12(15)7-6-11(13)3/h6-7,9,14,16H,1,5,8H2,2-4H3. The van der Waals surface area contributed by atoms with Gasteiger partial charge in [0.05, 0.1) is 0 Å².